The van der Waals surface area contributed by atoms with Gasteiger partial charge in [-0.3, -0.25) is 4.79 Å². The van der Waals surface area contributed by atoms with Crippen LogP contribution in [0.1, 0.15) is 21.5 Å². The molecule has 3 nitrogen and oxygen atoms in total. The standard InChI is InChI=1S/C15H11F3N2O/c16-15(17,18)13-8-6-12(7-9-13)14(21)20-19-10-11-4-2-1-3-5-11/h1-10H,(H,20,21)/b19-10+. The van der Waals surface area contributed by atoms with Crippen LogP contribution in [0.3, 0.4) is 0 Å². The quantitative estimate of drug-likeness (QED) is 0.683. The normalized spacial score (nSPS) is 11.6. The van der Waals surface area contributed by atoms with E-state index in [1.807, 2.05) is 18.2 Å². The summed E-state index contributed by atoms with van der Waals surface area (Å²) < 4.78 is 37.2. The molecule has 0 atom stereocenters. The third-order valence-corrected chi connectivity index (χ3v) is 2.65. The number of nitrogens with zero attached hydrogens (tertiary/aromatic N) is 1. The fourth-order valence-corrected chi connectivity index (χ4v) is 1.58. The van der Waals surface area contributed by atoms with Crippen molar-refractivity contribution in [3.63, 3.8) is 0 Å². The average Bonchev–Trinajstić information content (AvgIpc) is 2.47. The van der Waals surface area contributed by atoms with Gasteiger partial charge in [-0.25, -0.2) is 5.43 Å². The predicted molar refractivity (Wildman–Crippen MR) is 72.9 cm³/mol. The minimum atomic E-state index is -4.42. The number of hydrogen-bond donors (Lipinski definition) is 1. The van der Waals surface area contributed by atoms with Crippen molar-refractivity contribution in [3.05, 3.63) is 71.3 Å². The van der Waals surface area contributed by atoms with Crippen molar-refractivity contribution in [2.24, 2.45) is 5.10 Å². The molecule has 108 valence electrons. The molecule has 0 aliphatic carbocycles. The third kappa shape index (κ3) is 4.17. The lowest BCUT2D eigenvalue weighted by molar-refractivity contribution is -0.137. The van der Waals surface area contributed by atoms with E-state index in [9.17, 15) is 18.0 Å². The molecule has 0 unspecified atom stereocenters. The number of halogens is 3. The highest BCUT2D eigenvalue weighted by Gasteiger charge is 2.30. The second-order valence-electron chi connectivity index (χ2n) is 4.18. The van der Waals surface area contributed by atoms with Crippen LogP contribution < -0.4 is 5.43 Å². The average molecular weight is 292 g/mol. The molecule has 2 aromatic rings. The van der Waals surface area contributed by atoms with Crippen LogP contribution in [-0.4, -0.2) is 12.1 Å². The number of amides is 1. The van der Waals surface area contributed by atoms with Crippen LogP contribution in [0, 0.1) is 0 Å². The molecular formula is C15H11F3N2O. The predicted octanol–water partition coefficient (Wildman–Crippen LogP) is 3.47. The molecule has 0 heterocycles. The number of hydrazone groups is 1. The second kappa shape index (κ2) is 6.21. The van der Waals surface area contributed by atoms with Crippen molar-refractivity contribution < 1.29 is 18.0 Å². The van der Waals surface area contributed by atoms with Gasteiger partial charge in [-0.05, 0) is 29.8 Å². The first-order valence-corrected chi connectivity index (χ1v) is 6.02. The van der Waals surface area contributed by atoms with Gasteiger partial charge in [-0.15, -0.1) is 0 Å². The lowest BCUT2D eigenvalue weighted by Gasteiger charge is -2.06. The van der Waals surface area contributed by atoms with Crippen LogP contribution in [0.4, 0.5) is 13.2 Å². The molecule has 0 aliphatic rings. The first-order valence-electron chi connectivity index (χ1n) is 6.02. The molecule has 0 saturated carbocycles. The molecule has 0 spiro atoms. The second-order valence-corrected chi connectivity index (χ2v) is 4.18. The summed E-state index contributed by atoms with van der Waals surface area (Å²) in [6.07, 6.45) is -2.97. The fourth-order valence-electron chi connectivity index (χ4n) is 1.58. The van der Waals surface area contributed by atoms with Crippen molar-refractivity contribution >= 4 is 12.1 Å². The molecule has 0 saturated heterocycles. The molecule has 0 fully saturated rings. The minimum absolute atomic E-state index is 0.105. The zero-order valence-electron chi connectivity index (χ0n) is 10.8. The molecular weight excluding hydrogens is 281 g/mol. The van der Waals surface area contributed by atoms with Crippen LogP contribution in [0.25, 0.3) is 0 Å². The van der Waals surface area contributed by atoms with Crippen LogP contribution in [0.2, 0.25) is 0 Å². The van der Waals surface area contributed by atoms with E-state index in [-0.39, 0.29) is 5.56 Å². The first-order chi connectivity index (χ1) is 9.97. The van der Waals surface area contributed by atoms with Crippen molar-refractivity contribution in [3.8, 4) is 0 Å². The van der Waals surface area contributed by atoms with E-state index >= 15 is 0 Å². The fraction of sp³-hybridized carbons (Fsp3) is 0.0667. The van der Waals surface area contributed by atoms with Crippen LogP contribution in [0.5, 0.6) is 0 Å². The van der Waals surface area contributed by atoms with Gasteiger partial charge in [0.15, 0.2) is 0 Å². The Kier molecular flexibility index (Phi) is 4.37. The molecule has 1 amide bonds. The summed E-state index contributed by atoms with van der Waals surface area (Å²) in [5.41, 5.74) is 2.36. The molecule has 1 N–H and O–H groups in total. The van der Waals surface area contributed by atoms with Gasteiger partial charge in [0, 0.05) is 5.56 Å². The molecule has 0 bridgehead atoms. The summed E-state index contributed by atoms with van der Waals surface area (Å²) in [5.74, 6) is -0.573. The van der Waals surface area contributed by atoms with Crippen molar-refractivity contribution in [1.82, 2.24) is 5.43 Å². The number of rotatable bonds is 3. The maximum atomic E-state index is 12.4. The highest BCUT2D eigenvalue weighted by molar-refractivity contribution is 5.94. The van der Waals surface area contributed by atoms with Crippen LogP contribution in [0.15, 0.2) is 59.7 Å². The molecule has 0 aromatic heterocycles. The van der Waals surface area contributed by atoms with Gasteiger partial charge >= 0.3 is 6.18 Å². The minimum Gasteiger partial charge on any atom is -0.267 e. The van der Waals surface area contributed by atoms with Crippen molar-refractivity contribution in [2.45, 2.75) is 6.18 Å². The van der Waals surface area contributed by atoms with E-state index in [2.05, 4.69) is 10.5 Å². The van der Waals surface area contributed by atoms with E-state index in [0.29, 0.717) is 0 Å². The Morgan fingerprint density at radius 1 is 1.00 bits per heavy atom. The smallest absolute Gasteiger partial charge is 0.267 e. The van der Waals surface area contributed by atoms with Crippen LogP contribution >= 0.6 is 0 Å². The van der Waals surface area contributed by atoms with E-state index in [4.69, 9.17) is 0 Å². The zero-order chi connectivity index (χ0) is 15.3. The largest absolute Gasteiger partial charge is 0.416 e. The lowest BCUT2D eigenvalue weighted by Crippen LogP contribution is -2.17. The topological polar surface area (TPSA) is 41.5 Å². The summed E-state index contributed by atoms with van der Waals surface area (Å²) in [7, 11) is 0. The van der Waals surface area contributed by atoms with E-state index in [1.165, 1.54) is 6.21 Å². The van der Waals surface area contributed by atoms with Gasteiger partial charge in [0.05, 0.1) is 11.8 Å². The summed E-state index contributed by atoms with van der Waals surface area (Å²) in [6.45, 7) is 0. The Morgan fingerprint density at radius 3 is 2.19 bits per heavy atom. The van der Waals surface area contributed by atoms with Gasteiger partial charge in [-0.2, -0.15) is 18.3 Å². The third-order valence-electron chi connectivity index (χ3n) is 2.65. The van der Waals surface area contributed by atoms with Gasteiger partial charge in [0.1, 0.15) is 0 Å². The molecule has 0 aliphatic heterocycles. The number of nitrogens with one attached hydrogen (secondary N) is 1. The Balaban J connectivity index is 1.99. The van der Waals surface area contributed by atoms with E-state index < -0.39 is 17.6 Å². The maximum Gasteiger partial charge on any atom is 0.416 e. The molecule has 0 radical (unpaired) electrons. The van der Waals surface area contributed by atoms with Gasteiger partial charge in [0.2, 0.25) is 0 Å². The first kappa shape index (κ1) is 14.8. The Labute approximate surface area is 119 Å². The Morgan fingerprint density at radius 2 is 1.62 bits per heavy atom. The van der Waals surface area contributed by atoms with E-state index in [0.717, 1.165) is 29.8 Å². The highest BCUT2D eigenvalue weighted by Crippen LogP contribution is 2.28. The SMILES string of the molecule is O=C(N/N=C/c1ccccc1)c1ccc(C(F)(F)F)cc1. The summed E-state index contributed by atoms with van der Waals surface area (Å²) in [6, 6.07) is 13.0. The summed E-state index contributed by atoms with van der Waals surface area (Å²) >= 11 is 0. The Hall–Kier alpha value is -2.63. The van der Waals surface area contributed by atoms with E-state index in [1.54, 1.807) is 12.1 Å². The maximum absolute atomic E-state index is 12.4. The summed E-state index contributed by atoms with van der Waals surface area (Å²) in [4.78, 5) is 11.7. The number of carbonyl (C=O) groups is 1. The number of benzene rings is 2. The number of carbonyl (C=O) groups excluding carboxylic acids is 1. The summed E-state index contributed by atoms with van der Waals surface area (Å²) in [5, 5.41) is 3.74. The monoisotopic (exact) mass is 292 g/mol. The number of hydrogen-bond acceptors (Lipinski definition) is 2. The molecule has 21 heavy (non-hydrogen) atoms. The van der Waals surface area contributed by atoms with Gasteiger partial charge < -0.3 is 0 Å². The van der Waals surface area contributed by atoms with Gasteiger partial charge in [-0.1, -0.05) is 30.3 Å². The van der Waals surface area contributed by atoms with Crippen molar-refractivity contribution in [1.29, 1.82) is 0 Å². The number of alkyl halides is 3. The zero-order valence-corrected chi connectivity index (χ0v) is 10.8. The Bertz CT molecular complexity index is 634. The molecule has 6 heteroatoms. The lowest BCUT2D eigenvalue weighted by atomic mass is 10.1. The highest BCUT2D eigenvalue weighted by atomic mass is 19.4. The van der Waals surface area contributed by atoms with Crippen molar-refractivity contribution in [2.75, 3.05) is 0 Å². The molecule has 2 rings (SSSR count). The van der Waals surface area contributed by atoms with Crippen LogP contribution in [-0.2, 0) is 6.18 Å². The van der Waals surface area contributed by atoms with Gasteiger partial charge in [0.25, 0.3) is 5.91 Å². The molecule has 2 aromatic carbocycles.